The van der Waals surface area contributed by atoms with Crippen LogP contribution in [-0.2, 0) is 14.8 Å². The van der Waals surface area contributed by atoms with E-state index in [9.17, 15) is 13.2 Å². The number of nitrogens with one attached hydrogen (secondary N) is 1. The van der Waals surface area contributed by atoms with E-state index in [0.717, 1.165) is 27.6 Å². The van der Waals surface area contributed by atoms with Crippen molar-refractivity contribution in [3.8, 4) is 5.75 Å². The number of anilines is 1. The second-order valence-corrected chi connectivity index (χ2v) is 10.2. The van der Waals surface area contributed by atoms with Crippen molar-refractivity contribution in [2.24, 2.45) is 5.10 Å². The van der Waals surface area contributed by atoms with Crippen molar-refractivity contribution in [1.29, 1.82) is 0 Å². The Morgan fingerprint density at radius 3 is 2.40 bits per heavy atom. The van der Waals surface area contributed by atoms with Gasteiger partial charge < -0.3 is 4.74 Å². The van der Waals surface area contributed by atoms with Gasteiger partial charge in [0.05, 0.1) is 23.4 Å². The number of nitrogens with zero attached hydrogens (tertiary/aromatic N) is 2. The maximum absolute atomic E-state index is 13.5. The summed E-state index contributed by atoms with van der Waals surface area (Å²) < 4.78 is 33.6. The predicted octanol–water partition coefficient (Wildman–Crippen LogP) is 5.09. The number of rotatable bonds is 10. The minimum absolute atomic E-state index is 0.0733. The molecule has 0 saturated carbocycles. The number of sulfonamides is 1. The Bertz CT molecular complexity index is 1290. The number of carbonyl (C=O) groups is 1. The molecule has 0 fully saturated rings. The fourth-order valence-corrected chi connectivity index (χ4v) is 4.87. The third-order valence-corrected chi connectivity index (χ3v) is 7.34. The van der Waals surface area contributed by atoms with E-state index in [0.29, 0.717) is 22.9 Å². The van der Waals surface area contributed by atoms with Crippen molar-refractivity contribution in [3.05, 3.63) is 88.4 Å². The average molecular weight is 514 g/mol. The van der Waals surface area contributed by atoms with E-state index >= 15 is 0 Å². The molecule has 0 unspecified atom stereocenters. The third-order valence-electron chi connectivity index (χ3n) is 5.16. The quantitative estimate of drug-likeness (QED) is 0.302. The van der Waals surface area contributed by atoms with Gasteiger partial charge in [0, 0.05) is 5.02 Å². The van der Waals surface area contributed by atoms with E-state index in [4.69, 9.17) is 16.3 Å². The highest BCUT2D eigenvalue weighted by atomic mass is 35.5. The van der Waals surface area contributed by atoms with E-state index in [1.165, 1.54) is 18.3 Å². The van der Waals surface area contributed by atoms with Gasteiger partial charge in [0.2, 0.25) is 0 Å². The SMILES string of the molecule is CCCOc1ccc(/C=N\NC(=O)CN(c2cccc(Cl)c2C)S(=O)(=O)c2ccc(C)cc2)cc1. The van der Waals surface area contributed by atoms with Gasteiger partial charge in [0.1, 0.15) is 12.3 Å². The monoisotopic (exact) mass is 513 g/mol. The third kappa shape index (κ3) is 6.83. The fraction of sp³-hybridized carbons (Fsp3) is 0.231. The molecule has 7 nitrogen and oxygen atoms in total. The summed E-state index contributed by atoms with van der Waals surface area (Å²) in [6.07, 6.45) is 2.39. The zero-order valence-electron chi connectivity index (χ0n) is 19.9. The molecule has 0 aliphatic heterocycles. The van der Waals surface area contributed by atoms with Crippen molar-refractivity contribution in [1.82, 2.24) is 5.43 Å². The van der Waals surface area contributed by atoms with Crippen molar-refractivity contribution in [2.75, 3.05) is 17.5 Å². The van der Waals surface area contributed by atoms with Gasteiger partial charge in [0.15, 0.2) is 0 Å². The molecule has 35 heavy (non-hydrogen) atoms. The Labute approximate surface area is 211 Å². The smallest absolute Gasteiger partial charge is 0.264 e. The van der Waals surface area contributed by atoms with Gasteiger partial charge in [-0.2, -0.15) is 5.10 Å². The number of amides is 1. The molecular formula is C26H28ClN3O4S. The van der Waals surface area contributed by atoms with Crippen molar-refractivity contribution in [3.63, 3.8) is 0 Å². The zero-order valence-corrected chi connectivity index (χ0v) is 21.4. The second kappa shape index (κ2) is 11.9. The van der Waals surface area contributed by atoms with Crippen LogP contribution < -0.4 is 14.5 Å². The van der Waals surface area contributed by atoms with E-state index in [1.807, 2.05) is 38.1 Å². The van der Waals surface area contributed by atoms with E-state index in [2.05, 4.69) is 10.5 Å². The van der Waals surface area contributed by atoms with Gasteiger partial charge in [-0.3, -0.25) is 9.10 Å². The first kappa shape index (κ1) is 26.2. The highest BCUT2D eigenvalue weighted by molar-refractivity contribution is 7.92. The molecule has 184 valence electrons. The number of hydrogen-bond donors (Lipinski definition) is 1. The lowest BCUT2D eigenvalue weighted by molar-refractivity contribution is -0.119. The van der Waals surface area contributed by atoms with Crippen molar-refractivity contribution < 1.29 is 17.9 Å². The average Bonchev–Trinajstić information content (AvgIpc) is 2.84. The molecule has 0 aliphatic carbocycles. The van der Waals surface area contributed by atoms with Crippen LogP contribution in [0.15, 0.2) is 76.7 Å². The number of hydrogen-bond acceptors (Lipinski definition) is 5. The molecule has 0 aromatic heterocycles. The number of aryl methyl sites for hydroxylation is 1. The van der Waals surface area contributed by atoms with Crippen LogP contribution in [0, 0.1) is 13.8 Å². The molecule has 0 radical (unpaired) electrons. The predicted molar refractivity (Wildman–Crippen MR) is 140 cm³/mol. The van der Waals surface area contributed by atoms with Gasteiger partial charge in [-0.25, -0.2) is 13.8 Å². The highest BCUT2D eigenvalue weighted by Gasteiger charge is 2.28. The molecule has 9 heteroatoms. The van der Waals surface area contributed by atoms with Crippen LogP contribution in [0.4, 0.5) is 5.69 Å². The highest BCUT2D eigenvalue weighted by Crippen LogP contribution is 2.30. The molecule has 3 rings (SSSR count). The summed E-state index contributed by atoms with van der Waals surface area (Å²) in [4.78, 5) is 12.8. The molecule has 0 bridgehead atoms. The van der Waals surface area contributed by atoms with Gasteiger partial charge in [-0.15, -0.1) is 0 Å². The van der Waals surface area contributed by atoms with Crippen LogP contribution in [0.2, 0.25) is 5.02 Å². The lowest BCUT2D eigenvalue weighted by atomic mass is 10.2. The van der Waals surface area contributed by atoms with Crippen molar-refractivity contribution in [2.45, 2.75) is 32.1 Å². The largest absolute Gasteiger partial charge is 0.494 e. The Balaban J connectivity index is 1.80. The van der Waals surface area contributed by atoms with E-state index < -0.39 is 22.5 Å². The topological polar surface area (TPSA) is 88.1 Å². The number of halogens is 1. The second-order valence-electron chi connectivity index (χ2n) is 7.92. The normalized spacial score (nSPS) is 11.4. The van der Waals surface area contributed by atoms with Crippen LogP contribution in [0.5, 0.6) is 5.75 Å². The molecule has 3 aromatic carbocycles. The molecule has 3 aromatic rings. The number of ether oxygens (including phenoxy) is 1. The molecule has 0 heterocycles. The molecule has 0 spiro atoms. The van der Waals surface area contributed by atoms with Crippen LogP contribution in [0.25, 0.3) is 0 Å². The Hall–Kier alpha value is -3.36. The summed E-state index contributed by atoms with van der Waals surface area (Å²) in [5, 5.41) is 4.37. The number of benzene rings is 3. The minimum Gasteiger partial charge on any atom is -0.494 e. The standard InChI is InChI=1S/C26H28ClN3O4S/c1-4-16-34-22-12-10-21(11-13-22)17-28-29-26(31)18-30(25-7-5-6-24(27)20(25)3)35(32,33)23-14-8-19(2)9-15-23/h5-15,17H,4,16,18H2,1-3H3,(H,29,31)/b28-17-. The fourth-order valence-electron chi connectivity index (χ4n) is 3.22. The first-order valence-electron chi connectivity index (χ1n) is 11.1. The Morgan fingerprint density at radius 1 is 1.06 bits per heavy atom. The summed E-state index contributed by atoms with van der Waals surface area (Å²) in [7, 11) is -4.05. The maximum atomic E-state index is 13.5. The van der Waals surface area contributed by atoms with Crippen molar-refractivity contribution >= 4 is 39.4 Å². The summed E-state index contributed by atoms with van der Waals surface area (Å²) in [5.74, 6) is 0.154. The summed E-state index contributed by atoms with van der Waals surface area (Å²) >= 11 is 6.25. The van der Waals surface area contributed by atoms with Gasteiger partial charge in [-0.1, -0.05) is 42.3 Å². The molecule has 0 atom stereocenters. The summed E-state index contributed by atoms with van der Waals surface area (Å²) in [6.45, 7) is 5.77. The first-order valence-corrected chi connectivity index (χ1v) is 12.9. The molecular weight excluding hydrogens is 486 g/mol. The lowest BCUT2D eigenvalue weighted by Gasteiger charge is -2.25. The first-order chi connectivity index (χ1) is 16.7. The van der Waals surface area contributed by atoms with Crippen LogP contribution in [0.3, 0.4) is 0 Å². The summed E-state index contributed by atoms with van der Waals surface area (Å²) in [5.41, 5.74) is 4.95. The van der Waals surface area contributed by atoms with Crippen LogP contribution in [-0.4, -0.2) is 33.7 Å². The number of carbonyl (C=O) groups excluding carboxylic acids is 1. The lowest BCUT2D eigenvalue weighted by Crippen LogP contribution is -2.40. The minimum atomic E-state index is -4.05. The number of hydrazone groups is 1. The maximum Gasteiger partial charge on any atom is 0.264 e. The van der Waals surface area contributed by atoms with E-state index in [1.54, 1.807) is 37.3 Å². The Morgan fingerprint density at radius 2 is 1.74 bits per heavy atom. The molecule has 0 aliphatic rings. The Kier molecular flexibility index (Phi) is 8.89. The van der Waals surface area contributed by atoms with Crippen LogP contribution >= 0.6 is 11.6 Å². The van der Waals surface area contributed by atoms with Gasteiger partial charge in [0.25, 0.3) is 15.9 Å². The van der Waals surface area contributed by atoms with Gasteiger partial charge in [-0.05, 0) is 79.9 Å². The molecule has 1 amide bonds. The van der Waals surface area contributed by atoms with Gasteiger partial charge >= 0.3 is 0 Å². The zero-order chi connectivity index (χ0) is 25.4. The van der Waals surface area contributed by atoms with Crippen LogP contribution in [0.1, 0.15) is 30.0 Å². The molecule has 0 saturated heterocycles. The molecule has 1 N–H and O–H groups in total. The van der Waals surface area contributed by atoms with E-state index in [-0.39, 0.29) is 4.90 Å². The summed E-state index contributed by atoms with van der Waals surface area (Å²) in [6, 6.07) is 18.6.